The molecule has 0 saturated carbocycles. The molecule has 8 heteroatoms. The fourth-order valence-electron chi connectivity index (χ4n) is 2.03. The number of nitrogens with one attached hydrogen (secondary N) is 1. The van der Waals surface area contributed by atoms with E-state index in [2.05, 4.69) is 15.2 Å². The van der Waals surface area contributed by atoms with Crippen LogP contribution in [-0.2, 0) is 14.6 Å². The fraction of sp³-hybridized carbons (Fsp3) is 0.818. The Kier molecular flexibility index (Phi) is 3.57. The summed E-state index contributed by atoms with van der Waals surface area (Å²) in [7, 11) is -3.26. The van der Waals surface area contributed by atoms with E-state index in [4.69, 9.17) is 5.73 Å². The third-order valence-electron chi connectivity index (χ3n) is 3.71. The van der Waals surface area contributed by atoms with E-state index in [1.807, 2.05) is 4.90 Å². The van der Waals surface area contributed by atoms with Crippen LogP contribution in [0.1, 0.15) is 32.5 Å². The number of hydrogen-bond acceptors (Lipinski definition) is 6. The van der Waals surface area contributed by atoms with Crippen molar-refractivity contribution >= 4 is 15.8 Å². The summed E-state index contributed by atoms with van der Waals surface area (Å²) in [5.74, 6) is 0.894. The van der Waals surface area contributed by atoms with Crippen molar-refractivity contribution < 1.29 is 8.42 Å². The molecule has 0 spiro atoms. The van der Waals surface area contributed by atoms with Gasteiger partial charge in [-0.1, -0.05) is 0 Å². The maximum Gasteiger partial charge on any atom is 0.244 e. The molecule has 0 amide bonds. The molecule has 3 N–H and O–H groups in total. The zero-order valence-corrected chi connectivity index (χ0v) is 12.4. The molecular formula is C11H21N5O2S. The molecule has 108 valence electrons. The summed E-state index contributed by atoms with van der Waals surface area (Å²) in [6.07, 6.45) is 3.20. The van der Waals surface area contributed by atoms with Gasteiger partial charge in [-0.3, -0.25) is 5.10 Å². The normalized spacial score (nSPS) is 21.7. The van der Waals surface area contributed by atoms with Gasteiger partial charge in [0.05, 0.1) is 0 Å². The maximum atomic E-state index is 11.8. The molecule has 1 aromatic heterocycles. The van der Waals surface area contributed by atoms with Crippen LogP contribution in [0.15, 0.2) is 0 Å². The smallest absolute Gasteiger partial charge is 0.244 e. The maximum absolute atomic E-state index is 11.8. The van der Waals surface area contributed by atoms with E-state index in [-0.39, 0.29) is 6.04 Å². The lowest BCUT2D eigenvalue weighted by molar-refractivity contribution is 0.500. The average molecular weight is 287 g/mol. The van der Waals surface area contributed by atoms with Gasteiger partial charge in [0.2, 0.25) is 5.95 Å². The summed E-state index contributed by atoms with van der Waals surface area (Å²) < 4.78 is 22.5. The number of aromatic amines is 1. The average Bonchev–Trinajstić information content (AvgIpc) is 2.77. The van der Waals surface area contributed by atoms with Crippen LogP contribution >= 0.6 is 0 Å². The van der Waals surface area contributed by atoms with Crippen molar-refractivity contribution in [3.63, 3.8) is 0 Å². The summed E-state index contributed by atoms with van der Waals surface area (Å²) in [5, 5.41) is 6.87. The molecule has 1 aliphatic rings. The molecule has 1 aromatic rings. The second-order valence-corrected chi connectivity index (χ2v) is 8.18. The van der Waals surface area contributed by atoms with Gasteiger partial charge in [0.1, 0.15) is 10.6 Å². The Hall–Kier alpha value is -1.15. The summed E-state index contributed by atoms with van der Waals surface area (Å²) >= 11 is 0. The highest BCUT2D eigenvalue weighted by Gasteiger charge is 2.36. The molecule has 0 aliphatic carbocycles. The second-order valence-electron chi connectivity index (χ2n) is 5.61. The SMILES string of the molecule is CC(C)(c1nc(N2CCCC(N)C2)n[nH]1)S(C)(=O)=O. The predicted molar refractivity (Wildman–Crippen MR) is 73.7 cm³/mol. The van der Waals surface area contributed by atoms with Gasteiger partial charge in [-0.25, -0.2) is 8.42 Å². The Balaban J connectivity index is 2.24. The first kappa shape index (κ1) is 14.3. The molecule has 0 aromatic carbocycles. The molecule has 1 unspecified atom stereocenters. The van der Waals surface area contributed by atoms with E-state index in [0.717, 1.165) is 19.4 Å². The lowest BCUT2D eigenvalue weighted by Crippen LogP contribution is -2.43. The summed E-state index contributed by atoms with van der Waals surface area (Å²) in [4.78, 5) is 6.32. The number of sulfone groups is 1. The molecule has 1 fully saturated rings. The molecule has 0 bridgehead atoms. The number of nitrogens with zero attached hydrogens (tertiary/aromatic N) is 3. The number of anilines is 1. The van der Waals surface area contributed by atoms with Crippen molar-refractivity contribution in [2.45, 2.75) is 37.5 Å². The Bertz CT molecular complexity index is 551. The molecule has 19 heavy (non-hydrogen) atoms. The van der Waals surface area contributed by atoms with Crippen molar-refractivity contribution in [2.75, 3.05) is 24.2 Å². The third-order valence-corrected chi connectivity index (χ3v) is 5.76. The van der Waals surface area contributed by atoms with Crippen LogP contribution in [0, 0.1) is 0 Å². The number of H-pyrrole nitrogens is 1. The largest absolute Gasteiger partial charge is 0.338 e. The van der Waals surface area contributed by atoms with Crippen LogP contribution < -0.4 is 10.6 Å². The highest BCUT2D eigenvalue weighted by molar-refractivity contribution is 7.91. The molecule has 2 rings (SSSR count). The fourth-order valence-corrected chi connectivity index (χ4v) is 2.47. The zero-order valence-electron chi connectivity index (χ0n) is 11.5. The first-order chi connectivity index (χ1) is 8.72. The number of nitrogens with two attached hydrogens (primary N) is 1. The standard InChI is InChI=1S/C11H21N5O2S/c1-11(2,19(3,17)18)9-13-10(15-14-9)16-6-4-5-8(12)7-16/h8H,4-7,12H2,1-3H3,(H,13,14,15). The van der Waals surface area contributed by atoms with Crippen molar-refractivity contribution in [1.82, 2.24) is 15.2 Å². The quantitative estimate of drug-likeness (QED) is 0.811. The van der Waals surface area contributed by atoms with Crippen LogP contribution in [0.2, 0.25) is 0 Å². The summed E-state index contributed by atoms with van der Waals surface area (Å²) in [6, 6.07) is 0.124. The van der Waals surface area contributed by atoms with Crippen LogP contribution in [0.5, 0.6) is 0 Å². The minimum Gasteiger partial charge on any atom is -0.338 e. The van der Waals surface area contributed by atoms with Gasteiger partial charge >= 0.3 is 0 Å². The Morgan fingerprint density at radius 2 is 2.16 bits per heavy atom. The first-order valence-corrected chi connectivity index (χ1v) is 8.24. The van der Waals surface area contributed by atoms with E-state index < -0.39 is 14.6 Å². The lowest BCUT2D eigenvalue weighted by Gasteiger charge is -2.29. The minimum atomic E-state index is -3.26. The molecular weight excluding hydrogens is 266 g/mol. The molecule has 1 saturated heterocycles. The van der Waals surface area contributed by atoms with Crippen molar-refractivity contribution in [3.05, 3.63) is 5.82 Å². The summed E-state index contributed by atoms with van der Waals surface area (Å²) in [5.41, 5.74) is 5.92. The third kappa shape index (κ3) is 2.74. The molecule has 2 heterocycles. The van der Waals surface area contributed by atoms with Crippen molar-refractivity contribution in [3.8, 4) is 0 Å². The second kappa shape index (κ2) is 4.75. The number of piperidine rings is 1. The van der Waals surface area contributed by atoms with Crippen molar-refractivity contribution in [1.29, 1.82) is 0 Å². The first-order valence-electron chi connectivity index (χ1n) is 6.35. The highest BCUT2D eigenvalue weighted by atomic mass is 32.2. The van der Waals surface area contributed by atoms with Gasteiger partial charge in [0.25, 0.3) is 0 Å². The number of rotatable bonds is 3. The Labute approximate surface area is 113 Å². The molecule has 0 radical (unpaired) electrons. The molecule has 1 aliphatic heterocycles. The molecule has 1 atom stereocenters. The number of hydrogen-bond donors (Lipinski definition) is 2. The highest BCUT2D eigenvalue weighted by Crippen LogP contribution is 2.27. The van der Waals surface area contributed by atoms with Crippen LogP contribution in [0.4, 0.5) is 5.95 Å². The summed E-state index contributed by atoms with van der Waals surface area (Å²) in [6.45, 7) is 4.80. The van der Waals surface area contributed by atoms with E-state index >= 15 is 0 Å². The van der Waals surface area contributed by atoms with E-state index in [1.165, 1.54) is 6.26 Å². The minimum absolute atomic E-state index is 0.124. The van der Waals surface area contributed by atoms with E-state index in [1.54, 1.807) is 13.8 Å². The van der Waals surface area contributed by atoms with Gasteiger partial charge in [0, 0.05) is 25.4 Å². The Morgan fingerprint density at radius 1 is 1.47 bits per heavy atom. The van der Waals surface area contributed by atoms with Gasteiger partial charge in [-0.2, -0.15) is 4.98 Å². The predicted octanol–water partition coefficient (Wildman–Crippen LogP) is 0.0119. The van der Waals surface area contributed by atoms with Gasteiger partial charge in [-0.15, -0.1) is 5.10 Å². The van der Waals surface area contributed by atoms with Crippen molar-refractivity contribution in [2.24, 2.45) is 5.73 Å². The van der Waals surface area contributed by atoms with Gasteiger partial charge in [0.15, 0.2) is 9.84 Å². The molecule has 7 nitrogen and oxygen atoms in total. The monoisotopic (exact) mass is 287 g/mol. The van der Waals surface area contributed by atoms with Crippen LogP contribution in [0.25, 0.3) is 0 Å². The van der Waals surface area contributed by atoms with Crippen LogP contribution in [-0.4, -0.2) is 49.0 Å². The van der Waals surface area contributed by atoms with Gasteiger partial charge in [-0.05, 0) is 26.7 Å². The lowest BCUT2D eigenvalue weighted by atomic mass is 10.1. The van der Waals surface area contributed by atoms with E-state index in [9.17, 15) is 8.42 Å². The Morgan fingerprint density at radius 3 is 2.74 bits per heavy atom. The zero-order chi connectivity index (χ0) is 14.3. The topological polar surface area (TPSA) is 105 Å². The van der Waals surface area contributed by atoms with E-state index in [0.29, 0.717) is 18.3 Å². The number of aromatic nitrogens is 3. The van der Waals surface area contributed by atoms with Crippen LogP contribution in [0.3, 0.4) is 0 Å². The van der Waals surface area contributed by atoms with Gasteiger partial charge < -0.3 is 10.6 Å².